The fourth-order valence-electron chi connectivity index (χ4n) is 5.16. The number of rotatable bonds is 10. The van der Waals surface area contributed by atoms with Crippen molar-refractivity contribution < 1.29 is 19.2 Å². The van der Waals surface area contributed by atoms with Crippen molar-refractivity contribution >= 4 is 35.0 Å². The Bertz CT molecular complexity index is 1180. The third kappa shape index (κ3) is 6.20. The summed E-state index contributed by atoms with van der Waals surface area (Å²) in [6, 6.07) is 9.91. The highest BCUT2D eigenvalue weighted by Crippen LogP contribution is 2.39. The fraction of sp³-hybridized carbons (Fsp3) is 0.483. The van der Waals surface area contributed by atoms with Crippen LogP contribution in [-0.4, -0.2) is 53.8 Å². The van der Waals surface area contributed by atoms with Crippen molar-refractivity contribution in [2.75, 3.05) is 22.9 Å². The van der Waals surface area contributed by atoms with Crippen LogP contribution in [0.15, 0.2) is 42.6 Å². The van der Waals surface area contributed by atoms with E-state index in [2.05, 4.69) is 15.6 Å². The molecule has 1 aromatic carbocycles. The minimum atomic E-state index is -0.781. The highest BCUT2D eigenvalue weighted by molar-refractivity contribution is 6.08. The molecule has 0 aliphatic carbocycles. The second-order valence-electron chi connectivity index (χ2n) is 10.4. The summed E-state index contributed by atoms with van der Waals surface area (Å²) >= 11 is 0. The molecule has 0 spiro atoms. The fourth-order valence-corrected chi connectivity index (χ4v) is 5.16. The minimum Gasteiger partial charge on any atom is -0.344 e. The summed E-state index contributed by atoms with van der Waals surface area (Å²) < 4.78 is 0. The van der Waals surface area contributed by atoms with Crippen LogP contribution in [0.4, 0.5) is 11.4 Å². The Hall–Kier alpha value is -3.75. The van der Waals surface area contributed by atoms with Gasteiger partial charge in [-0.15, -0.1) is 0 Å². The van der Waals surface area contributed by atoms with Gasteiger partial charge in [-0.1, -0.05) is 39.0 Å². The number of nitrogens with zero attached hydrogens (tertiary/aromatic N) is 3. The van der Waals surface area contributed by atoms with Gasteiger partial charge in [0.1, 0.15) is 12.1 Å². The number of para-hydroxylation sites is 1. The first-order valence-electron chi connectivity index (χ1n) is 13.5. The van der Waals surface area contributed by atoms with Crippen LogP contribution in [0.25, 0.3) is 0 Å². The average molecular weight is 520 g/mol. The number of hydrogen-bond donors (Lipinski definition) is 2. The van der Waals surface area contributed by atoms with Gasteiger partial charge >= 0.3 is 0 Å². The first kappa shape index (κ1) is 27.3. The van der Waals surface area contributed by atoms with Gasteiger partial charge in [0.05, 0.1) is 11.4 Å². The second kappa shape index (κ2) is 12.2. The topological polar surface area (TPSA) is 112 Å². The van der Waals surface area contributed by atoms with Crippen LogP contribution in [0.5, 0.6) is 0 Å². The number of aromatic nitrogens is 1. The highest BCUT2D eigenvalue weighted by atomic mass is 16.2. The van der Waals surface area contributed by atoms with Crippen molar-refractivity contribution in [3.63, 3.8) is 0 Å². The molecule has 2 aliphatic rings. The molecule has 2 aromatic rings. The minimum absolute atomic E-state index is 0.0501. The molecule has 1 fully saturated rings. The number of anilines is 2. The lowest BCUT2D eigenvalue weighted by Gasteiger charge is -2.37. The summed E-state index contributed by atoms with van der Waals surface area (Å²) in [4.78, 5) is 59.8. The molecule has 4 amide bonds. The van der Waals surface area contributed by atoms with E-state index in [9.17, 15) is 19.2 Å². The Morgan fingerprint density at radius 3 is 2.61 bits per heavy atom. The zero-order valence-electron chi connectivity index (χ0n) is 22.4. The van der Waals surface area contributed by atoms with E-state index in [1.807, 2.05) is 50.2 Å². The Morgan fingerprint density at radius 2 is 1.95 bits per heavy atom. The molecule has 1 aromatic heterocycles. The molecule has 0 radical (unpaired) electrons. The molecule has 202 valence electrons. The molecule has 3 heterocycles. The maximum atomic E-state index is 13.9. The summed E-state index contributed by atoms with van der Waals surface area (Å²) in [6.07, 6.45) is 4.58. The molecule has 38 heavy (non-hydrogen) atoms. The third-order valence-electron chi connectivity index (χ3n) is 7.03. The van der Waals surface area contributed by atoms with Crippen molar-refractivity contribution in [3.8, 4) is 0 Å². The molecular formula is C29H37N5O4. The van der Waals surface area contributed by atoms with Gasteiger partial charge in [0.15, 0.2) is 0 Å². The van der Waals surface area contributed by atoms with Crippen molar-refractivity contribution in [1.82, 2.24) is 15.6 Å². The predicted octanol–water partition coefficient (Wildman–Crippen LogP) is 2.77. The van der Waals surface area contributed by atoms with Gasteiger partial charge in [0, 0.05) is 50.7 Å². The van der Waals surface area contributed by atoms with E-state index in [1.54, 1.807) is 22.9 Å². The number of hydrogen-bond acceptors (Lipinski definition) is 5. The number of benzene rings is 1. The number of pyridine rings is 1. The molecule has 2 atom stereocenters. The van der Waals surface area contributed by atoms with E-state index in [1.165, 1.54) is 0 Å². The van der Waals surface area contributed by atoms with Crippen molar-refractivity contribution in [2.45, 2.75) is 71.4 Å². The Balaban J connectivity index is 1.64. The van der Waals surface area contributed by atoms with E-state index in [0.29, 0.717) is 38.8 Å². The molecule has 9 heteroatoms. The molecule has 0 saturated carbocycles. The third-order valence-corrected chi connectivity index (χ3v) is 7.03. The summed E-state index contributed by atoms with van der Waals surface area (Å²) in [5.41, 5.74) is 3.21. The first-order valence-corrected chi connectivity index (χ1v) is 13.5. The van der Waals surface area contributed by atoms with Crippen molar-refractivity contribution in [3.05, 3.63) is 53.9 Å². The summed E-state index contributed by atoms with van der Waals surface area (Å²) in [6.45, 7) is 6.69. The van der Waals surface area contributed by atoms with Crippen LogP contribution in [0.2, 0.25) is 0 Å². The maximum Gasteiger partial charge on any atom is 0.249 e. The zero-order chi connectivity index (χ0) is 27.2. The molecule has 4 rings (SSSR count). The smallest absolute Gasteiger partial charge is 0.249 e. The average Bonchev–Trinajstić information content (AvgIpc) is 3.33. The Labute approximate surface area is 224 Å². The van der Waals surface area contributed by atoms with E-state index >= 15 is 0 Å². The summed E-state index contributed by atoms with van der Waals surface area (Å²) in [7, 11) is 0. The standard InChI is InChI=1S/C29H37N5O4/c1-4-25(35)31-22(17-19(2)3)28(37)32-23-18-20-9-7-11-24(33-15-8-12-26(33)36)27(20)34(29(23)38)16-13-21-10-5-6-14-30-21/h5-7,9-11,14,19,22-23H,4,8,12-13,15-18H2,1-3H3,(H,31,35)(H,32,37)/t22-,23?/m1/s1. The van der Waals surface area contributed by atoms with Gasteiger partial charge in [-0.25, -0.2) is 0 Å². The van der Waals surface area contributed by atoms with Crippen molar-refractivity contribution in [2.24, 2.45) is 5.92 Å². The normalized spacial score (nSPS) is 17.9. The van der Waals surface area contributed by atoms with Crippen LogP contribution in [0, 0.1) is 5.92 Å². The number of amides is 4. The van der Waals surface area contributed by atoms with Gasteiger partial charge < -0.3 is 20.4 Å². The first-order chi connectivity index (χ1) is 18.3. The quantitative estimate of drug-likeness (QED) is 0.501. The van der Waals surface area contributed by atoms with Crippen LogP contribution in [0.3, 0.4) is 0 Å². The maximum absolute atomic E-state index is 13.9. The molecule has 2 aliphatic heterocycles. The van der Waals surface area contributed by atoms with E-state index in [4.69, 9.17) is 0 Å². The zero-order valence-corrected chi connectivity index (χ0v) is 22.4. The number of carbonyl (C=O) groups excluding carboxylic acids is 4. The Kier molecular flexibility index (Phi) is 8.76. The molecule has 1 saturated heterocycles. The lowest BCUT2D eigenvalue weighted by molar-refractivity contribution is -0.131. The monoisotopic (exact) mass is 519 g/mol. The van der Waals surface area contributed by atoms with Gasteiger partial charge in [0.25, 0.3) is 0 Å². The highest BCUT2D eigenvalue weighted by Gasteiger charge is 2.38. The molecular weight excluding hydrogens is 482 g/mol. The number of fused-ring (bicyclic) bond motifs is 1. The summed E-state index contributed by atoms with van der Waals surface area (Å²) in [5, 5.41) is 5.73. The second-order valence-corrected chi connectivity index (χ2v) is 10.4. The van der Waals surface area contributed by atoms with Crippen LogP contribution < -0.4 is 20.4 Å². The van der Waals surface area contributed by atoms with E-state index in [-0.39, 0.29) is 36.0 Å². The lowest BCUT2D eigenvalue weighted by atomic mass is 9.94. The molecule has 9 nitrogen and oxygen atoms in total. The van der Waals surface area contributed by atoms with Gasteiger partial charge in [0.2, 0.25) is 23.6 Å². The largest absolute Gasteiger partial charge is 0.344 e. The van der Waals surface area contributed by atoms with Crippen LogP contribution in [-0.2, 0) is 32.0 Å². The number of carbonyl (C=O) groups is 4. The van der Waals surface area contributed by atoms with Gasteiger partial charge in [-0.3, -0.25) is 24.2 Å². The number of nitrogens with one attached hydrogen (secondary N) is 2. The van der Waals surface area contributed by atoms with Crippen LogP contribution >= 0.6 is 0 Å². The van der Waals surface area contributed by atoms with Gasteiger partial charge in [-0.05, 0) is 42.5 Å². The lowest BCUT2D eigenvalue weighted by Crippen LogP contribution is -2.57. The Morgan fingerprint density at radius 1 is 1.13 bits per heavy atom. The van der Waals surface area contributed by atoms with Crippen LogP contribution in [0.1, 0.15) is 57.7 Å². The van der Waals surface area contributed by atoms with E-state index < -0.39 is 12.1 Å². The molecule has 2 N–H and O–H groups in total. The predicted molar refractivity (Wildman–Crippen MR) is 146 cm³/mol. The van der Waals surface area contributed by atoms with E-state index in [0.717, 1.165) is 29.1 Å². The van der Waals surface area contributed by atoms with Gasteiger partial charge in [-0.2, -0.15) is 0 Å². The molecule has 1 unspecified atom stereocenters. The van der Waals surface area contributed by atoms with Crippen molar-refractivity contribution in [1.29, 1.82) is 0 Å². The molecule has 0 bridgehead atoms. The SMILES string of the molecule is CCC(=O)N[C@H](CC(C)C)C(=O)NC1Cc2cccc(N3CCCC3=O)c2N(CCc2ccccn2)C1=O. The summed E-state index contributed by atoms with van der Waals surface area (Å²) in [5.74, 6) is -0.567.